The standard InChI is InChI=1S/C14H19NO3S/c1-9(16)10-7-11(19-8-10)13(17)15-6-4-5-12(15)14(2,3)18/h7-8,12,18H,4-6H2,1-3H3. The summed E-state index contributed by atoms with van der Waals surface area (Å²) in [5.74, 6) is -0.113. The molecule has 1 fully saturated rings. The highest BCUT2D eigenvalue weighted by Gasteiger charge is 2.39. The number of nitrogens with zero attached hydrogens (tertiary/aromatic N) is 1. The first kappa shape index (κ1) is 14.2. The summed E-state index contributed by atoms with van der Waals surface area (Å²) in [6, 6.07) is 1.50. The Morgan fingerprint density at radius 2 is 2.16 bits per heavy atom. The third kappa shape index (κ3) is 2.87. The number of Topliss-reactive ketones (excluding diaryl/α,β-unsaturated/α-hetero) is 1. The van der Waals surface area contributed by atoms with Crippen LogP contribution in [0.2, 0.25) is 0 Å². The Kier molecular flexibility index (Phi) is 3.78. The number of rotatable bonds is 3. The van der Waals surface area contributed by atoms with Gasteiger partial charge in [-0.2, -0.15) is 0 Å². The Hall–Kier alpha value is -1.20. The fraction of sp³-hybridized carbons (Fsp3) is 0.571. The van der Waals surface area contributed by atoms with Gasteiger partial charge in [-0.15, -0.1) is 11.3 Å². The Labute approximate surface area is 117 Å². The average Bonchev–Trinajstić information content (AvgIpc) is 2.96. The number of hydrogen-bond acceptors (Lipinski definition) is 4. The van der Waals surface area contributed by atoms with Crippen LogP contribution in [0.15, 0.2) is 11.4 Å². The minimum Gasteiger partial charge on any atom is -0.388 e. The maximum absolute atomic E-state index is 12.5. The smallest absolute Gasteiger partial charge is 0.264 e. The van der Waals surface area contributed by atoms with Crippen molar-refractivity contribution >= 4 is 23.0 Å². The van der Waals surface area contributed by atoms with Crippen molar-refractivity contribution < 1.29 is 14.7 Å². The molecular formula is C14H19NO3S. The molecule has 1 atom stereocenters. The van der Waals surface area contributed by atoms with Gasteiger partial charge in [0.05, 0.1) is 16.5 Å². The highest BCUT2D eigenvalue weighted by molar-refractivity contribution is 7.12. The third-order valence-corrected chi connectivity index (χ3v) is 4.46. The molecule has 1 saturated heterocycles. The fourth-order valence-electron chi connectivity index (χ4n) is 2.52. The number of thiophene rings is 1. The molecule has 1 unspecified atom stereocenters. The molecule has 1 aromatic heterocycles. The lowest BCUT2D eigenvalue weighted by Gasteiger charge is -2.33. The van der Waals surface area contributed by atoms with E-state index in [4.69, 9.17) is 0 Å². The predicted octanol–water partition coefficient (Wildman–Crippen LogP) is 2.33. The van der Waals surface area contributed by atoms with Gasteiger partial charge >= 0.3 is 0 Å². The Balaban J connectivity index is 2.21. The van der Waals surface area contributed by atoms with E-state index in [1.165, 1.54) is 18.3 Å². The van der Waals surface area contributed by atoms with Crippen molar-refractivity contribution in [3.63, 3.8) is 0 Å². The van der Waals surface area contributed by atoms with Crippen LogP contribution in [0.3, 0.4) is 0 Å². The second-order valence-electron chi connectivity index (χ2n) is 5.57. The molecule has 5 heteroatoms. The van der Waals surface area contributed by atoms with Gasteiger partial charge in [-0.05, 0) is 39.7 Å². The fourth-order valence-corrected chi connectivity index (χ4v) is 3.42. The van der Waals surface area contributed by atoms with Crippen molar-refractivity contribution in [2.75, 3.05) is 6.54 Å². The van der Waals surface area contributed by atoms with Crippen molar-refractivity contribution in [2.45, 2.75) is 45.3 Å². The number of amides is 1. The first-order valence-corrected chi connectivity index (χ1v) is 7.31. The van der Waals surface area contributed by atoms with Crippen molar-refractivity contribution in [2.24, 2.45) is 0 Å². The van der Waals surface area contributed by atoms with Crippen LogP contribution >= 0.6 is 11.3 Å². The molecule has 2 heterocycles. The molecule has 1 aromatic rings. The van der Waals surface area contributed by atoms with Crippen molar-refractivity contribution in [3.05, 3.63) is 21.9 Å². The van der Waals surface area contributed by atoms with E-state index in [9.17, 15) is 14.7 Å². The van der Waals surface area contributed by atoms with Crippen LogP contribution < -0.4 is 0 Å². The quantitative estimate of drug-likeness (QED) is 0.865. The molecule has 1 aliphatic heterocycles. The van der Waals surface area contributed by atoms with E-state index in [-0.39, 0.29) is 17.7 Å². The lowest BCUT2D eigenvalue weighted by Crippen LogP contribution is -2.48. The van der Waals surface area contributed by atoms with Gasteiger partial charge in [-0.25, -0.2) is 0 Å². The van der Waals surface area contributed by atoms with E-state index < -0.39 is 5.60 Å². The van der Waals surface area contributed by atoms with E-state index >= 15 is 0 Å². The second kappa shape index (κ2) is 5.06. The Morgan fingerprint density at radius 1 is 1.47 bits per heavy atom. The number of likely N-dealkylation sites (tertiary alicyclic amines) is 1. The van der Waals surface area contributed by atoms with Gasteiger partial charge in [0.1, 0.15) is 0 Å². The maximum Gasteiger partial charge on any atom is 0.264 e. The molecule has 1 N–H and O–H groups in total. The minimum atomic E-state index is -0.896. The average molecular weight is 281 g/mol. The van der Waals surface area contributed by atoms with Gasteiger partial charge in [0.25, 0.3) is 5.91 Å². The summed E-state index contributed by atoms with van der Waals surface area (Å²) in [4.78, 5) is 26.0. The molecule has 1 amide bonds. The topological polar surface area (TPSA) is 57.6 Å². The molecule has 0 aromatic carbocycles. The summed E-state index contributed by atoms with van der Waals surface area (Å²) in [5, 5.41) is 11.8. The number of hydrogen-bond donors (Lipinski definition) is 1. The number of carbonyl (C=O) groups excluding carboxylic acids is 2. The summed E-state index contributed by atoms with van der Waals surface area (Å²) < 4.78 is 0. The molecule has 0 saturated carbocycles. The van der Waals surface area contributed by atoms with Crippen LogP contribution in [0.25, 0.3) is 0 Å². The molecule has 104 valence electrons. The summed E-state index contributed by atoms with van der Waals surface area (Å²) in [6.07, 6.45) is 1.73. The zero-order valence-corrected chi connectivity index (χ0v) is 12.3. The molecule has 0 aliphatic carbocycles. The number of aliphatic hydroxyl groups is 1. The normalized spacial score (nSPS) is 19.8. The first-order chi connectivity index (χ1) is 8.80. The summed E-state index contributed by atoms with van der Waals surface area (Å²) in [6.45, 7) is 5.63. The van der Waals surface area contributed by atoms with Gasteiger partial charge in [0, 0.05) is 17.5 Å². The maximum atomic E-state index is 12.5. The predicted molar refractivity (Wildman–Crippen MR) is 74.7 cm³/mol. The van der Waals surface area contributed by atoms with Gasteiger partial charge < -0.3 is 10.0 Å². The van der Waals surface area contributed by atoms with Crippen LogP contribution in [-0.2, 0) is 0 Å². The molecule has 4 nitrogen and oxygen atoms in total. The highest BCUT2D eigenvalue weighted by Crippen LogP contribution is 2.29. The molecule has 1 aliphatic rings. The van der Waals surface area contributed by atoms with Crippen LogP contribution in [0.5, 0.6) is 0 Å². The summed E-state index contributed by atoms with van der Waals surface area (Å²) >= 11 is 1.29. The monoisotopic (exact) mass is 281 g/mol. The molecule has 19 heavy (non-hydrogen) atoms. The lowest BCUT2D eigenvalue weighted by molar-refractivity contribution is 0.000518. The zero-order valence-electron chi connectivity index (χ0n) is 11.5. The first-order valence-electron chi connectivity index (χ1n) is 6.43. The van der Waals surface area contributed by atoms with Crippen LogP contribution in [-0.4, -0.2) is 39.9 Å². The Morgan fingerprint density at radius 3 is 2.68 bits per heavy atom. The lowest BCUT2D eigenvalue weighted by atomic mass is 9.96. The van der Waals surface area contributed by atoms with E-state index in [2.05, 4.69) is 0 Å². The van der Waals surface area contributed by atoms with Crippen molar-refractivity contribution in [1.82, 2.24) is 4.90 Å². The highest BCUT2D eigenvalue weighted by atomic mass is 32.1. The number of ketones is 1. The zero-order chi connectivity index (χ0) is 14.2. The SMILES string of the molecule is CC(=O)c1csc(C(=O)N2CCCC2C(C)(C)O)c1. The molecule has 2 rings (SSSR count). The van der Waals surface area contributed by atoms with Gasteiger partial charge in [-0.3, -0.25) is 9.59 Å². The number of carbonyl (C=O) groups is 2. The van der Waals surface area contributed by atoms with Crippen LogP contribution in [0, 0.1) is 0 Å². The van der Waals surface area contributed by atoms with E-state index in [0.29, 0.717) is 17.0 Å². The van der Waals surface area contributed by atoms with Crippen LogP contribution in [0.1, 0.15) is 53.6 Å². The molecule has 0 bridgehead atoms. The molecule has 0 radical (unpaired) electrons. The van der Waals surface area contributed by atoms with Crippen molar-refractivity contribution in [1.29, 1.82) is 0 Å². The van der Waals surface area contributed by atoms with Gasteiger partial charge in [-0.1, -0.05) is 0 Å². The van der Waals surface area contributed by atoms with Gasteiger partial charge in [0.15, 0.2) is 5.78 Å². The van der Waals surface area contributed by atoms with Gasteiger partial charge in [0.2, 0.25) is 0 Å². The molecule has 0 spiro atoms. The molecular weight excluding hydrogens is 262 g/mol. The minimum absolute atomic E-state index is 0.0317. The second-order valence-corrected chi connectivity index (χ2v) is 6.48. The third-order valence-electron chi connectivity index (χ3n) is 3.55. The largest absolute Gasteiger partial charge is 0.388 e. The van der Waals surface area contributed by atoms with E-state index in [1.807, 2.05) is 0 Å². The Bertz CT molecular complexity index is 501. The van der Waals surface area contributed by atoms with E-state index in [0.717, 1.165) is 12.8 Å². The van der Waals surface area contributed by atoms with E-state index in [1.54, 1.807) is 30.2 Å². The summed E-state index contributed by atoms with van der Waals surface area (Å²) in [5.41, 5.74) is -0.320. The summed E-state index contributed by atoms with van der Waals surface area (Å²) in [7, 11) is 0. The van der Waals surface area contributed by atoms with Crippen molar-refractivity contribution in [3.8, 4) is 0 Å². The van der Waals surface area contributed by atoms with Crippen LogP contribution in [0.4, 0.5) is 0 Å².